The van der Waals surface area contributed by atoms with Crippen LogP contribution in [0.2, 0.25) is 0 Å². The molecule has 144 valence electrons. The van der Waals surface area contributed by atoms with Crippen LogP contribution in [0.5, 0.6) is 5.75 Å². The highest BCUT2D eigenvalue weighted by Gasteiger charge is 2.63. The first-order chi connectivity index (χ1) is 11.8. The molecule has 2 atom stereocenters. The van der Waals surface area contributed by atoms with Crippen molar-refractivity contribution in [2.24, 2.45) is 22.8 Å². The van der Waals surface area contributed by atoms with Gasteiger partial charge in [-0.3, -0.25) is 16.3 Å². The fraction of sp³-hybridized carbons (Fsp3) is 0.438. The molecule has 0 aliphatic heterocycles. The number of carbonyl (C=O) groups excluding carboxylic acids is 2. The van der Waals surface area contributed by atoms with E-state index < -0.39 is 12.1 Å². The number of aliphatic carboxylic acids is 1. The molecular weight excluding hydrogens is 355 g/mol. The van der Waals surface area contributed by atoms with Gasteiger partial charge in [-0.25, -0.2) is 4.99 Å². The normalized spacial score (nSPS) is 20.2. The number of guanidine groups is 1. The molecule has 1 saturated carbocycles. The van der Waals surface area contributed by atoms with E-state index in [0.29, 0.717) is 0 Å². The predicted molar refractivity (Wildman–Crippen MR) is 83.4 cm³/mol. The first-order valence-electron chi connectivity index (χ1n) is 7.43. The number of carboxylic acids is 1. The predicted octanol–water partition coefficient (Wildman–Crippen LogP) is -1.39. The van der Waals surface area contributed by atoms with Crippen molar-refractivity contribution in [3.05, 3.63) is 29.8 Å². The second kappa shape index (κ2) is 7.63. The van der Waals surface area contributed by atoms with Crippen LogP contribution in [0.25, 0.3) is 0 Å². The van der Waals surface area contributed by atoms with Gasteiger partial charge in [-0.2, -0.15) is 13.2 Å². The van der Waals surface area contributed by atoms with E-state index in [9.17, 15) is 18.0 Å². The molecule has 0 aromatic heterocycles. The first-order valence-corrected chi connectivity index (χ1v) is 7.43. The zero-order valence-corrected chi connectivity index (χ0v) is 14.4. The molecule has 7 nitrogen and oxygen atoms in total. The van der Waals surface area contributed by atoms with Crippen LogP contribution in [0.3, 0.4) is 0 Å². The molecule has 0 heterocycles. The third-order valence-electron chi connectivity index (χ3n) is 4.06. The third-order valence-corrected chi connectivity index (χ3v) is 4.06. The Morgan fingerprint density at radius 3 is 2.23 bits per heavy atom. The van der Waals surface area contributed by atoms with E-state index in [2.05, 4.69) is 18.8 Å². The van der Waals surface area contributed by atoms with Gasteiger partial charge in [0.05, 0.1) is 13.0 Å². The molecule has 1 aliphatic carbocycles. The molecule has 1 aromatic rings. The van der Waals surface area contributed by atoms with Gasteiger partial charge in [0.1, 0.15) is 11.7 Å². The van der Waals surface area contributed by atoms with Gasteiger partial charge < -0.3 is 14.6 Å². The number of nitrogens with one attached hydrogen (secondary N) is 1. The number of amides is 1. The van der Waals surface area contributed by atoms with Gasteiger partial charge in [0.15, 0.2) is 0 Å². The molecule has 5 N–H and O–H groups in total. The monoisotopic (exact) mass is 375 g/mol. The number of alkyl halides is 3. The Morgan fingerprint density at radius 2 is 1.81 bits per heavy atom. The minimum atomic E-state index is -5.19. The number of methoxy groups -OCH3 is 1. The summed E-state index contributed by atoms with van der Waals surface area (Å²) in [5.74, 6) is -2.37. The summed E-state index contributed by atoms with van der Waals surface area (Å²) in [6.07, 6.45) is -5.19. The molecule has 1 aliphatic rings. The molecule has 0 radical (unpaired) electrons. The van der Waals surface area contributed by atoms with E-state index in [1.165, 1.54) is 0 Å². The maximum absolute atomic E-state index is 12.0. The van der Waals surface area contributed by atoms with Crippen molar-refractivity contribution >= 4 is 17.8 Å². The van der Waals surface area contributed by atoms with Crippen LogP contribution >= 0.6 is 0 Å². The Bertz CT molecular complexity index is 713. The van der Waals surface area contributed by atoms with E-state index in [-0.39, 0.29) is 29.1 Å². The lowest BCUT2D eigenvalue weighted by Gasteiger charge is -2.05. The van der Waals surface area contributed by atoms with Gasteiger partial charge in [0, 0.05) is 5.92 Å². The van der Waals surface area contributed by atoms with Gasteiger partial charge in [0.25, 0.3) is 5.91 Å². The number of hydrogen-bond donors (Lipinski definition) is 3. The summed E-state index contributed by atoms with van der Waals surface area (Å²) >= 11 is 0. The van der Waals surface area contributed by atoms with Crippen molar-refractivity contribution in [2.45, 2.75) is 25.9 Å². The molecule has 2 rings (SSSR count). The fourth-order valence-electron chi connectivity index (χ4n) is 2.80. The van der Waals surface area contributed by atoms with E-state index in [4.69, 9.17) is 26.1 Å². The summed E-state index contributed by atoms with van der Waals surface area (Å²) in [6.45, 7) is 4.13. The zero-order chi connectivity index (χ0) is 20.3. The molecule has 1 aromatic carbocycles. The maximum Gasteiger partial charge on any atom is 0.430 e. The van der Waals surface area contributed by atoms with Crippen molar-refractivity contribution in [1.82, 2.24) is 0 Å². The summed E-state index contributed by atoms with van der Waals surface area (Å²) in [6, 6.07) is 7.80. The number of benzene rings is 1. The van der Waals surface area contributed by atoms with E-state index in [1.54, 1.807) is 7.11 Å². The molecule has 0 unspecified atom stereocenters. The summed E-state index contributed by atoms with van der Waals surface area (Å²) in [4.78, 5) is 23.3. The molecular formula is C16H20F3N3O4. The van der Waals surface area contributed by atoms with Gasteiger partial charge >= 0.3 is 12.1 Å². The van der Waals surface area contributed by atoms with E-state index >= 15 is 0 Å². The number of nitrogens with two attached hydrogens (primary N) is 2. The summed E-state index contributed by atoms with van der Waals surface area (Å²) < 4.78 is 36.8. The van der Waals surface area contributed by atoms with Crippen molar-refractivity contribution in [1.29, 1.82) is 0 Å². The number of carbonyl (C=O) groups is 2. The van der Waals surface area contributed by atoms with Crippen LogP contribution in [0.4, 0.5) is 13.2 Å². The van der Waals surface area contributed by atoms with Gasteiger partial charge in [-0.15, -0.1) is 0 Å². The van der Waals surface area contributed by atoms with Crippen LogP contribution in [-0.2, 0) is 9.59 Å². The molecule has 26 heavy (non-hydrogen) atoms. The zero-order valence-electron chi connectivity index (χ0n) is 14.4. The lowest BCUT2D eigenvalue weighted by atomic mass is 10.0. The van der Waals surface area contributed by atoms with Gasteiger partial charge in [-0.1, -0.05) is 26.0 Å². The van der Waals surface area contributed by atoms with Crippen LogP contribution in [0.1, 0.15) is 25.3 Å². The highest BCUT2D eigenvalue weighted by atomic mass is 19.4. The van der Waals surface area contributed by atoms with Crippen LogP contribution < -0.4 is 26.3 Å². The SMILES string of the molecule is COc1cccc([C@@H]2[C@@H](C(=O)[NH+]=C(N)N)C2(C)C)c1.O=C([O-])C(F)(F)F. The summed E-state index contributed by atoms with van der Waals surface area (Å²) in [5, 5.41) is 8.78. The molecule has 0 saturated heterocycles. The molecule has 10 heteroatoms. The number of hydrogen-bond acceptors (Lipinski definition) is 4. The average molecular weight is 375 g/mol. The van der Waals surface area contributed by atoms with Crippen LogP contribution in [-0.4, -0.2) is 31.1 Å². The lowest BCUT2D eigenvalue weighted by molar-refractivity contribution is -0.382. The van der Waals surface area contributed by atoms with Gasteiger partial charge in [-0.05, 0) is 23.1 Å². The van der Waals surface area contributed by atoms with Crippen molar-refractivity contribution < 1.29 is 37.6 Å². The van der Waals surface area contributed by atoms with Crippen molar-refractivity contribution in [2.75, 3.05) is 7.11 Å². The largest absolute Gasteiger partial charge is 0.542 e. The van der Waals surface area contributed by atoms with Gasteiger partial charge in [0.2, 0.25) is 0 Å². The standard InChI is InChI=1S/C14H19N3O2.C2HF3O2/c1-14(2)10(11(14)12(18)17-13(15)16)8-5-4-6-9(7-8)19-3;3-2(4,5)1(6)7/h4-7,10-11H,1-3H3,(H4,15,16,17,18);(H,6,7)/t10-,11+;/m1./s1. The minimum absolute atomic E-state index is 0.0582. The molecule has 0 spiro atoms. The smallest absolute Gasteiger partial charge is 0.430 e. The Hall–Kier alpha value is -2.78. The highest BCUT2D eigenvalue weighted by molar-refractivity contribution is 5.82. The fourth-order valence-corrected chi connectivity index (χ4v) is 2.80. The Morgan fingerprint density at radius 1 is 1.27 bits per heavy atom. The Balaban J connectivity index is 0.000000412. The molecule has 1 fully saturated rings. The summed E-state index contributed by atoms with van der Waals surface area (Å²) in [5.41, 5.74) is 11.6. The minimum Gasteiger partial charge on any atom is -0.542 e. The topological polar surface area (TPSA) is 132 Å². The number of ether oxygens (including phenoxy) is 1. The molecule has 0 bridgehead atoms. The van der Waals surface area contributed by atoms with Crippen LogP contribution in [0.15, 0.2) is 24.3 Å². The number of rotatable bonds is 3. The lowest BCUT2D eigenvalue weighted by Crippen LogP contribution is -2.82. The maximum atomic E-state index is 12.0. The number of carboxylic acid groups (broad SMARTS) is 1. The number of halogens is 3. The Labute approximate surface area is 147 Å². The second-order valence-electron chi connectivity index (χ2n) is 6.28. The average Bonchev–Trinajstić information content (AvgIpc) is 3.09. The van der Waals surface area contributed by atoms with E-state index in [1.807, 2.05) is 24.3 Å². The second-order valence-corrected chi connectivity index (χ2v) is 6.28. The molecule has 1 amide bonds. The first kappa shape index (κ1) is 21.3. The third kappa shape index (κ3) is 5.11. The highest BCUT2D eigenvalue weighted by Crippen LogP contribution is 2.64. The van der Waals surface area contributed by atoms with Crippen molar-refractivity contribution in [3.8, 4) is 5.75 Å². The van der Waals surface area contributed by atoms with Crippen LogP contribution in [0, 0.1) is 11.3 Å². The Kier molecular flexibility index (Phi) is 6.24. The van der Waals surface area contributed by atoms with E-state index in [0.717, 1.165) is 11.3 Å². The van der Waals surface area contributed by atoms with Crippen molar-refractivity contribution in [3.63, 3.8) is 0 Å². The summed E-state index contributed by atoms with van der Waals surface area (Å²) in [7, 11) is 1.63. The quantitative estimate of drug-likeness (QED) is 0.440.